The van der Waals surface area contributed by atoms with Crippen molar-refractivity contribution in [2.24, 2.45) is 10.7 Å². The zero-order valence-electron chi connectivity index (χ0n) is 9.03. The zero-order chi connectivity index (χ0) is 12.0. The summed E-state index contributed by atoms with van der Waals surface area (Å²) in [5.41, 5.74) is 12.2. The third-order valence-electron chi connectivity index (χ3n) is 1.74. The maximum absolute atomic E-state index is 11.4. The number of nitrogens with zero attached hydrogens (tertiary/aromatic N) is 1. The van der Waals surface area contributed by atoms with Gasteiger partial charge in [-0.15, -0.1) is 0 Å². The smallest absolute Gasteiger partial charge is 0.325 e. The number of hydrogen-bond donors (Lipinski definition) is 4. The Morgan fingerprint density at radius 3 is 2.56 bits per heavy atom. The number of benzene rings is 1. The normalized spacial score (nSPS) is 10.9. The molecule has 0 fully saturated rings. The standard InChI is InChI=1S/C10H15N5O/c1-2-13-9(12)15-10(16)14-8-5-3-7(11)4-6-8/h3-6H,2,11H2,1H3,(H4,12,13,14,15,16). The molecular formula is C10H15N5O. The molecule has 0 aliphatic carbocycles. The molecule has 0 bridgehead atoms. The highest BCUT2D eigenvalue weighted by molar-refractivity contribution is 6.01. The number of nitrogens with one attached hydrogen (secondary N) is 2. The molecule has 0 atom stereocenters. The summed E-state index contributed by atoms with van der Waals surface area (Å²) in [4.78, 5) is 15.2. The van der Waals surface area contributed by atoms with Gasteiger partial charge in [0.15, 0.2) is 5.96 Å². The highest BCUT2D eigenvalue weighted by atomic mass is 16.2. The van der Waals surface area contributed by atoms with Crippen LogP contribution in [0.5, 0.6) is 0 Å². The lowest BCUT2D eigenvalue weighted by molar-refractivity contribution is 0.256. The Bertz CT molecular complexity index is 385. The van der Waals surface area contributed by atoms with E-state index < -0.39 is 6.03 Å². The van der Waals surface area contributed by atoms with E-state index in [2.05, 4.69) is 15.6 Å². The number of nitrogen functional groups attached to an aromatic ring is 1. The Kier molecular flexibility index (Phi) is 4.14. The molecular weight excluding hydrogens is 206 g/mol. The number of amides is 2. The molecule has 0 unspecified atom stereocenters. The molecule has 0 aliphatic heterocycles. The molecule has 1 aromatic carbocycles. The van der Waals surface area contributed by atoms with E-state index in [0.717, 1.165) is 0 Å². The molecule has 1 rings (SSSR count). The van der Waals surface area contributed by atoms with Gasteiger partial charge < -0.3 is 16.8 Å². The van der Waals surface area contributed by atoms with Crippen molar-refractivity contribution in [3.63, 3.8) is 0 Å². The van der Waals surface area contributed by atoms with E-state index in [1.54, 1.807) is 24.3 Å². The number of carbonyl (C=O) groups is 1. The Hall–Kier alpha value is -2.24. The van der Waals surface area contributed by atoms with Gasteiger partial charge in [-0.1, -0.05) is 0 Å². The lowest BCUT2D eigenvalue weighted by Crippen LogP contribution is -2.39. The van der Waals surface area contributed by atoms with Crippen molar-refractivity contribution in [1.82, 2.24) is 5.32 Å². The summed E-state index contributed by atoms with van der Waals surface area (Å²) in [5, 5.41) is 4.98. The molecule has 0 spiro atoms. The molecule has 6 N–H and O–H groups in total. The first-order chi connectivity index (χ1) is 7.61. The summed E-state index contributed by atoms with van der Waals surface area (Å²) in [6.45, 7) is 2.35. The van der Waals surface area contributed by atoms with Crippen LogP contribution in [0, 0.1) is 0 Å². The van der Waals surface area contributed by atoms with Gasteiger partial charge in [-0.3, -0.25) is 10.3 Å². The number of carbonyl (C=O) groups excluding carboxylic acids is 1. The fourth-order valence-corrected chi connectivity index (χ4v) is 1.05. The van der Waals surface area contributed by atoms with Crippen LogP contribution < -0.4 is 22.1 Å². The molecule has 2 amide bonds. The van der Waals surface area contributed by atoms with E-state index in [1.165, 1.54) is 0 Å². The number of urea groups is 1. The van der Waals surface area contributed by atoms with Crippen molar-refractivity contribution >= 4 is 23.4 Å². The van der Waals surface area contributed by atoms with Gasteiger partial charge in [0.1, 0.15) is 0 Å². The second-order valence-corrected chi connectivity index (χ2v) is 3.06. The fourth-order valence-electron chi connectivity index (χ4n) is 1.05. The Labute approximate surface area is 93.7 Å². The molecule has 0 radical (unpaired) electrons. The monoisotopic (exact) mass is 221 g/mol. The topological polar surface area (TPSA) is 106 Å². The second-order valence-electron chi connectivity index (χ2n) is 3.06. The molecule has 0 heterocycles. The van der Waals surface area contributed by atoms with Crippen LogP contribution in [0.2, 0.25) is 0 Å². The van der Waals surface area contributed by atoms with Gasteiger partial charge in [0.2, 0.25) is 0 Å². The van der Waals surface area contributed by atoms with E-state index in [4.69, 9.17) is 11.5 Å². The second kappa shape index (κ2) is 5.59. The Morgan fingerprint density at radius 1 is 1.38 bits per heavy atom. The maximum Gasteiger partial charge on any atom is 0.325 e. The minimum atomic E-state index is -0.431. The van der Waals surface area contributed by atoms with Crippen molar-refractivity contribution in [2.75, 3.05) is 17.6 Å². The summed E-state index contributed by atoms with van der Waals surface area (Å²) in [5.74, 6) is 0.0930. The number of hydrogen-bond acceptors (Lipinski definition) is 3. The van der Waals surface area contributed by atoms with Crippen LogP contribution in [-0.2, 0) is 0 Å². The SMILES string of the molecule is CCN=C(N)NC(=O)Nc1ccc(N)cc1. The minimum absolute atomic E-state index is 0.0930. The molecule has 0 aliphatic rings. The summed E-state index contributed by atoms with van der Waals surface area (Å²) in [6.07, 6.45) is 0. The average molecular weight is 221 g/mol. The zero-order valence-corrected chi connectivity index (χ0v) is 9.03. The number of guanidine groups is 1. The van der Waals surface area contributed by atoms with Crippen molar-refractivity contribution in [3.05, 3.63) is 24.3 Å². The summed E-state index contributed by atoms with van der Waals surface area (Å²) >= 11 is 0. The number of aliphatic imine (C=N–C) groups is 1. The van der Waals surface area contributed by atoms with Crippen LogP contribution >= 0.6 is 0 Å². The fraction of sp³-hybridized carbons (Fsp3) is 0.200. The molecule has 0 aromatic heterocycles. The van der Waals surface area contributed by atoms with Gasteiger partial charge in [0, 0.05) is 17.9 Å². The van der Waals surface area contributed by atoms with E-state index in [0.29, 0.717) is 17.9 Å². The Balaban J connectivity index is 2.52. The van der Waals surface area contributed by atoms with E-state index in [-0.39, 0.29) is 5.96 Å². The molecule has 6 heteroatoms. The largest absolute Gasteiger partial charge is 0.399 e. The van der Waals surface area contributed by atoms with Crippen molar-refractivity contribution in [3.8, 4) is 0 Å². The van der Waals surface area contributed by atoms with Gasteiger partial charge in [-0.25, -0.2) is 4.79 Å². The van der Waals surface area contributed by atoms with Crippen LogP contribution in [0.15, 0.2) is 29.3 Å². The number of rotatable bonds is 2. The Morgan fingerprint density at radius 2 is 2.00 bits per heavy atom. The summed E-state index contributed by atoms with van der Waals surface area (Å²) in [6, 6.07) is 6.35. The van der Waals surface area contributed by atoms with Gasteiger partial charge in [0.05, 0.1) is 0 Å². The van der Waals surface area contributed by atoms with E-state index in [9.17, 15) is 4.79 Å². The lowest BCUT2D eigenvalue weighted by Gasteiger charge is -2.06. The summed E-state index contributed by atoms with van der Waals surface area (Å²) in [7, 11) is 0. The molecule has 86 valence electrons. The van der Waals surface area contributed by atoms with Crippen LogP contribution in [-0.4, -0.2) is 18.5 Å². The van der Waals surface area contributed by atoms with Crippen LogP contribution in [0.25, 0.3) is 0 Å². The van der Waals surface area contributed by atoms with Crippen molar-refractivity contribution in [1.29, 1.82) is 0 Å². The van der Waals surface area contributed by atoms with Crippen molar-refractivity contribution in [2.45, 2.75) is 6.92 Å². The predicted molar refractivity (Wildman–Crippen MR) is 65.2 cm³/mol. The van der Waals surface area contributed by atoms with Crippen LogP contribution in [0.1, 0.15) is 6.92 Å². The number of nitrogens with two attached hydrogens (primary N) is 2. The van der Waals surface area contributed by atoms with Crippen LogP contribution in [0.4, 0.5) is 16.2 Å². The molecule has 1 aromatic rings. The molecule has 0 saturated heterocycles. The quantitative estimate of drug-likeness (QED) is 0.336. The van der Waals surface area contributed by atoms with Gasteiger partial charge in [-0.05, 0) is 31.2 Å². The van der Waals surface area contributed by atoms with Gasteiger partial charge in [-0.2, -0.15) is 0 Å². The van der Waals surface area contributed by atoms with E-state index >= 15 is 0 Å². The first-order valence-corrected chi connectivity index (χ1v) is 4.85. The van der Waals surface area contributed by atoms with Gasteiger partial charge in [0.25, 0.3) is 0 Å². The van der Waals surface area contributed by atoms with Crippen LogP contribution in [0.3, 0.4) is 0 Å². The third kappa shape index (κ3) is 3.87. The lowest BCUT2D eigenvalue weighted by atomic mass is 10.3. The summed E-state index contributed by atoms with van der Waals surface area (Å²) < 4.78 is 0. The first kappa shape index (κ1) is 11.8. The molecule has 16 heavy (non-hydrogen) atoms. The maximum atomic E-state index is 11.4. The molecule has 0 saturated carbocycles. The average Bonchev–Trinajstić information content (AvgIpc) is 2.21. The van der Waals surface area contributed by atoms with E-state index in [1.807, 2.05) is 6.92 Å². The highest BCUT2D eigenvalue weighted by Gasteiger charge is 2.02. The number of anilines is 2. The highest BCUT2D eigenvalue weighted by Crippen LogP contribution is 2.09. The first-order valence-electron chi connectivity index (χ1n) is 4.85. The minimum Gasteiger partial charge on any atom is -0.399 e. The van der Waals surface area contributed by atoms with Gasteiger partial charge >= 0.3 is 6.03 Å². The predicted octanol–water partition coefficient (Wildman–Crippen LogP) is 0.725. The van der Waals surface area contributed by atoms with Crippen molar-refractivity contribution < 1.29 is 4.79 Å². The third-order valence-corrected chi connectivity index (χ3v) is 1.74. The molecule has 6 nitrogen and oxygen atoms in total.